The third-order valence-corrected chi connectivity index (χ3v) is 6.73. The molecular formula is C49H92O25. The molecule has 0 aromatic carbocycles. The van der Waals surface area contributed by atoms with Crippen molar-refractivity contribution in [3.05, 3.63) is 63.3 Å². The summed E-state index contributed by atoms with van der Waals surface area (Å²) in [7, 11) is 0. The van der Waals surface area contributed by atoms with Gasteiger partial charge in [-0.15, -0.1) is 0 Å². The lowest BCUT2D eigenvalue weighted by Gasteiger charge is -2.35. The van der Waals surface area contributed by atoms with Gasteiger partial charge in [0.1, 0.15) is 39.6 Å². The summed E-state index contributed by atoms with van der Waals surface area (Å²) in [6, 6.07) is 0. The molecule has 74 heavy (non-hydrogen) atoms. The van der Waals surface area contributed by atoms with E-state index in [-0.39, 0.29) is 89.1 Å². The number of carbonyl (C=O) groups excluding carboxylic acids is 11. The Hall–Kier alpha value is -7.25. The average Bonchev–Trinajstić information content (AvgIpc) is 3.27. The first-order valence-electron chi connectivity index (χ1n) is 17.1. The molecule has 0 saturated carbocycles. The van der Waals surface area contributed by atoms with Gasteiger partial charge >= 0.3 is 65.7 Å². The van der Waals surface area contributed by atoms with Crippen molar-refractivity contribution in [1.29, 1.82) is 0 Å². The van der Waals surface area contributed by atoms with E-state index in [9.17, 15) is 52.7 Å². The molecule has 1 N–H and O–H groups in total. The van der Waals surface area contributed by atoms with Gasteiger partial charge in [0, 0.05) is 30.4 Å². The molecule has 0 spiro atoms. The van der Waals surface area contributed by atoms with Gasteiger partial charge in [0.15, 0.2) is 39.6 Å². The highest BCUT2D eigenvalue weighted by Gasteiger charge is 2.41. The highest BCUT2D eigenvalue weighted by atomic mass is 17.1. The molecule has 0 aliphatic heterocycles. The van der Waals surface area contributed by atoms with E-state index in [1.54, 1.807) is 0 Å². The van der Waals surface area contributed by atoms with Gasteiger partial charge in [-0.3, -0.25) is 5.26 Å². The van der Waals surface area contributed by atoms with Crippen molar-refractivity contribution in [2.45, 2.75) is 89.1 Å². The molecule has 0 atom stereocenters. The zero-order valence-electron chi connectivity index (χ0n) is 33.1. The molecule has 25 heteroatoms. The van der Waals surface area contributed by atoms with Crippen molar-refractivity contribution in [2.75, 3.05) is 92.5 Å². The van der Waals surface area contributed by atoms with Gasteiger partial charge in [-0.25, -0.2) is 57.6 Å². The minimum atomic E-state index is -2.02. The van der Waals surface area contributed by atoms with Crippen LogP contribution in [-0.2, 0) is 114 Å². The standard InChI is InChI=1S/C37H44O25.12CH4/c1-6-25(38)51-11-30(43)56-19-36(20-57-31(44)12-52-26(39)7-2,21-58-32(45)13-53-27(40)8-3)17-50-18-37(24-61-35(48)16-62-49,22-59-33(46)14-54-28(41)9-4)23-60-34(47)15-55-29(42)10-5;;;;;;;;;;;;/h6-10,49H,1-5,11-24H2;12*1H4. The SMILES string of the molecule is C.C.C.C.C.C.C.C.C.C.C.C.C=CC(=O)OCC(=O)OCC(COCC(COC(=O)COC(=O)C=C)(COC(=O)COC(=O)C=C)COC(=O)COC(=O)C=C)(COC(=O)COO)COC(=O)COC(=O)C=C. The van der Waals surface area contributed by atoms with Crippen molar-refractivity contribution < 1.29 is 120 Å². The smallest absolute Gasteiger partial charge is 0.344 e. The van der Waals surface area contributed by atoms with E-state index in [4.69, 9.17) is 38.4 Å². The second-order valence-electron chi connectivity index (χ2n) is 11.8. The molecule has 0 aliphatic rings. The first-order valence-corrected chi connectivity index (χ1v) is 17.1. The molecule has 0 unspecified atom stereocenters. The Morgan fingerprint density at radius 1 is 0.284 bits per heavy atom. The lowest BCUT2D eigenvalue weighted by molar-refractivity contribution is -0.246. The summed E-state index contributed by atoms with van der Waals surface area (Å²) in [5, 5.41) is 8.73. The summed E-state index contributed by atoms with van der Waals surface area (Å²) in [6.45, 7) is 2.78. The lowest BCUT2D eigenvalue weighted by Crippen LogP contribution is -2.47. The second-order valence-corrected chi connectivity index (χ2v) is 11.8. The quantitative estimate of drug-likeness (QED) is 0.0259. The van der Waals surface area contributed by atoms with E-state index in [1.807, 2.05) is 0 Å². The number of carbonyl (C=O) groups is 11. The van der Waals surface area contributed by atoms with Crippen molar-refractivity contribution in [2.24, 2.45) is 10.8 Å². The zero-order valence-corrected chi connectivity index (χ0v) is 33.1. The van der Waals surface area contributed by atoms with E-state index in [0.29, 0.717) is 0 Å². The van der Waals surface area contributed by atoms with Crippen LogP contribution in [-0.4, -0.2) is 163 Å². The Labute approximate surface area is 440 Å². The maximum Gasteiger partial charge on any atom is 0.344 e. The number of hydrogen-bond acceptors (Lipinski definition) is 25. The molecule has 0 fully saturated rings. The third kappa shape index (κ3) is 47.1. The summed E-state index contributed by atoms with van der Waals surface area (Å²) < 4.78 is 60.1. The van der Waals surface area contributed by atoms with Gasteiger partial charge in [0.2, 0.25) is 0 Å². The lowest BCUT2D eigenvalue weighted by atomic mass is 9.90. The van der Waals surface area contributed by atoms with Crippen molar-refractivity contribution in [1.82, 2.24) is 0 Å². The van der Waals surface area contributed by atoms with Crippen LogP contribution in [0.15, 0.2) is 63.3 Å². The first kappa shape index (κ1) is 99.9. The molecule has 0 saturated heterocycles. The summed E-state index contributed by atoms with van der Waals surface area (Å²) in [5.41, 5.74) is -4.03. The van der Waals surface area contributed by atoms with Crippen LogP contribution >= 0.6 is 0 Å². The fourth-order valence-electron chi connectivity index (χ4n) is 3.63. The Morgan fingerprint density at radius 2 is 0.446 bits per heavy atom. The average molecular weight is 1080 g/mol. The molecule has 438 valence electrons. The van der Waals surface area contributed by atoms with Crippen LogP contribution in [0.5, 0.6) is 0 Å². The van der Waals surface area contributed by atoms with E-state index in [0.717, 1.165) is 30.4 Å². The first-order chi connectivity index (χ1) is 29.4. The van der Waals surface area contributed by atoms with Gasteiger partial charge in [0.05, 0.1) is 24.0 Å². The molecule has 0 aromatic heterocycles. The van der Waals surface area contributed by atoms with Gasteiger partial charge in [-0.1, -0.05) is 122 Å². The van der Waals surface area contributed by atoms with Crippen LogP contribution in [0.1, 0.15) is 89.1 Å². The van der Waals surface area contributed by atoms with Gasteiger partial charge in [-0.05, 0) is 0 Å². The van der Waals surface area contributed by atoms with Gasteiger partial charge in [0.25, 0.3) is 0 Å². The predicted octanol–water partition coefficient (Wildman–Crippen LogP) is 6.00. The van der Waals surface area contributed by atoms with Crippen LogP contribution in [0.25, 0.3) is 0 Å². The molecule has 0 radical (unpaired) electrons. The van der Waals surface area contributed by atoms with Gasteiger partial charge < -0.3 is 56.8 Å². The predicted molar refractivity (Wildman–Crippen MR) is 277 cm³/mol. The Kier molecular flexibility index (Phi) is 76.5. The number of hydrogen-bond donors (Lipinski definition) is 1. The van der Waals surface area contributed by atoms with Crippen LogP contribution in [0.2, 0.25) is 0 Å². The van der Waals surface area contributed by atoms with Crippen LogP contribution in [0.4, 0.5) is 0 Å². The fourth-order valence-corrected chi connectivity index (χ4v) is 3.63. The molecular weight excluding hydrogens is 989 g/mol. The molecule has 0 rings (SSSR count). The molecule has 0 heterocycles. The minimum Gasteiger partial charge on any atom is -0.463 e. The van der Waals surface area contributed by atoms with E-state index >= 15 is 0 Å². The maximum absolute atomic E-state index is 12.6. The summed E-state index contributed by atoms with van der Waals surface area (Å²) >= 11 is 0. The van der Waals surface area contributed by atoms with Gasteiger partial charge in [-0.2, -0.15) is 0 Å². The van der Waals surface area contributed by atoms with E-state index < -0.39 is 169 Å². The molecule has 0 aromatic rings. The monoisotopic (exact) mass is 1080 g/mol. The second kappa shape index (κ2) is 56.7. The summed E-state index contributed by atoms with van der Waals surface area (Å²) in [5.74, 6) is -12.4. The zero-order chi connectivity index (χ0) is 47.0. The summed E-state index contributed by atoms with van der Waals surface area (Å²) in [6.07, 6.45) is 3.68. The highest BCUT2D eigenvalue weighted by molar-refractivity contribution is 5.86. The Balaban J connectivity index is -0.000000282. The van der Waals surface area contributed by atoms with E-state index in [1.165, 1.54) is 0 Å². The molecule has 0 amide bonds. The molecule has 25 nitrogen and oxygen atoms in total. The largest absolute Gasteiger partial charge is 0.463 e. The minimum absolute atomic E-state index is 0. The van der Waals surface area contributed by atoms with Crippen molar-refractivity contribution in [3.8, 4) is 0 Å². The van der Waals surface area contributed by atoms with Crippen LogP contribution in [0, 0.1) is 10.8 Å². The molecule has 0 bridgehead atoms. The highest BCUT2D eigenvalue weighted by Crippen LogP contribution is 2.26. The normalized spacial score (nSPS) is 8.77. The van der Waals surface area contributed by atoms with E-state index in [2.05, 4.69) is 61.5 Å². The summed E-state index contributed by atoms with van der Waals surface area (Å²) in [4.78, 5) is 136. The number of esters is 11. The number of ether oxygens (including phenoxy) is 12. The van der Waals surface area contributed by atoms with Crippen LogP contribution < -0.4 is 0 Å². The molecule has 0 aliphatic carbocycles. The van der Waals surface area contributed by atoms with Crippen LogP contribution in [0.3, 0.4) is 0 Å². The Bertz CT molecular complexity index is 1530. The topological polar surface area (TPSA) is 328 Å². The van der Waals surface area contributed by atoms with Crippen molar-refractivity contribution >= 4 is 65.7 Å². The number of rotatable bonds is 33. The fraction of sp³-hybridized carbons (Fsp3) is 0.571. The third-order valence-electron chi connectivity index (χ3n) is 6.73. The maximum atomic E-state index is 12.6. The van der Waals surface area contributed by atoms with Crippen molar-refractivity contribution in [3.63, 3.8) is 0 Å². The Morgan fingerprint density at radius 3 is 0.595 bits per heavy atom.